The van der Waals surface area contributed by atoms with Gasteiger partial charge in [-0.25, -0.2) is 0 Å². The van der Waals surface area contributed by atoms with Crippen molar-refractivity contribution < 1.29 is 0 Å². The fraction of sp³-hybridized carbons (Fsp3) is 0.0312. The van der Waals surface area contributed by atoms with Gasteiger partial charge in [-0.3, -0.25) is 0 Å². The van der Waals surface area contributed by atoms with Gasteiger partial charge in [0.2, 0.25) is 0 Å². The van der Waals surface area contributed by atoms with Crippen molar-refractivity contribution in [1.29, 1.82) is 0 Å². The third-order valence-corrected chi connectivity index (χ3v) is 13.5. The molecule has 1 aliphatic rings. The number of rotatable bonds is 10. The molecule has 0 saturated heterocycles. The van der Waals surface area contributed by atoms with Gasteiger partial charge >= 0.3 is 0 Å². The van der Waals surface area contributed by atoms with Crippen molar-refractivity contribution in [3.05, 3.63) is 271 Å². The number of nitrogens with one attached hydrogen (secondary N) is 1. The van der Waals surface area contributed by atoms with Crippen molar-refractivity contribution in [2.75, 3.05) is 10.2 Å². The van der Waals surface area contributed by atoms with Crippen molar-refractivity contribution in [2.24, 2.45) is 0 Å². The smallest absolute Gasteiger partial charge is 0.0926 e. The quantitative estimate of drug-likeness (QED) is 0.148. The van der Waals surface area contributed by atoms with E-state index >= 15 is 0 Å². The lowest BCUT2D eigenvalue weighted by molar-refractivity contribution is 0.616. The molecule has 11 aromatic carbocycles. The lowest BCUT2D eigenvalue weighted by atomic mass is 9.71. The standard InChI is InChI=1S/C64H46N2/c1-5-17-45(18-6-1)47-29-36-53(37-30-47)65-64(58-27-15-13-25-55(58)49-21-9-3-10-22-49)44-43-52-33-40-57-61(42-35-51-34-41-59(64)63(52)62(51)57)66(54-38-31-48(32-39-54)46-19-7-2-8-20-46)60-28-16-14-26-56(60)50-23-11-4-12-24-50/h1-43,65H,44H2. The van der Waals surface area contributed by atoms with Crippen LogP contribution in [-0.2, 0) is 5.54 Å². The second-order valence-electron chi connectivity index (χ2n) is 17.3. The highest BCUT2D eigenvalue weighted by Crippen LogP contribution is 2.50. The second-order valence-corrected chi connectivity index (χ2v) is 17.3. The summed E-state index contributed by atoms with van der Waals surface area (Å²) < 4.78 is 0. The van der Waals surface area contributed by atoms with Crippen LogP contribution in [0.5, 0.6) is 0 Å². The Labute approximate surface area is 386 Å². The Kier molecular flexibility index (Phi) is 9.84. The molecule has 1 unspecified atom stereocenters. The number of anilines is 4. The Bertz CT molecular complexity index is 3550. The molecule has 0 radical (unpaired) electrons. The molecule has 1 aliphatic carbocycles. The normalized spacial score (nSPS) is 14.2. The van der Waals surface area contributed by atoms with E-state index in [0.29, 0.717) is 0 Å². The second kappa shape index (κ2) is 16.6. The van der Waals surface area contributed by atoms with Crippen molar-refractivity contribution in [1.82, 2.24) is 0 Å². The minimum absolute atomic E-state index is 0.598. The van der Waals surface area contributed by atoms with Crippen molar-refractivity contribution in [2.45, 2.75) is 12.0 Å². The molecule has 12 rings (SSSR count). The maximum atomic E-state index is 4.24. The van der Waals surface area contributed by atoms with Gasteiger partial charge in [0.15, 0.2) is 0 Å². The highest BCUT2D eigenvalue weighted by atomic mass is 15.1. The fourth-order valence-corrected chi connectivity index (χ4v) is 10.4. The number of benzene rings is 11. The van der Waals surface area contributed by atoms with Crippen molar-refractivity contribution >= 4 is 50.4 Å². The van der Waals surface area contributed by atoms with Crippen LogP contribution >= 0.6 is 0 Å². The van der Waals surface area contributed by atoms with Crippen LogP contribution in [0, 0.1) is 0 Å². The zero-order chi connectivity index (χ0) is 43.9. The minimum atomic E-state index is -0.598. The molecule has 0 fully saturated rings. The molecule has 0 heterocycles. The molecule has 312 valence electrons. The van der Waals surface area contributed by atoms with E-state index in [1.807, 2.05) is 0 Å². The number of hydrogen-bond donors (Lipinski definition) is 1. The maximum absolute atomic E-state index is 4.24. The molecule has 2 heteroatoms. The molecular formula is C64H46N2. The van der Waals surface area contributed by atoms with E-state index in [-0.39, 0.29) is 0 Å². The van der Waals surface area contributed by atoms with Gasteiger partial charge in [0.05, 0.1) is 16.9 Å². The third kappa shape index (κ3) is 6.83. The summed E-state index contributed by atoms with van der Waals surface area (Å²) in [6.07, 6.45) is 3.24. The summed E-state index contributed by atoms with van der Waals surface area (Å²) in [5.74, 6) is 0. The Morgan fingerprint density at radius 2 is 0.864 bits per heavy atom. The monoisotopic (exact) mass is 842 g/mol. The van der Waals surface area contributed by atoms with Crippen LogP contribution in [-0.4, -0.2) is 0 Å². The van der Waals surface area contributed by atoms with E-state index in [4.69, 9.17) is 0 Å². The highest BCUT2D eigenvalue weighted by molar-refractivity contribution is 6.18. The average molecular weight is 843 g/mol. The zero-order valence-electron chi connectivity index (χ0n) is 36.5. The minimum Gasteiger partial charge on any atom is -0.371 e. The van der Waals surface area contributed by atoms with E-state index in [0.717, 1.165) is 29.2 Å². The van der Waals surface area contributed by atoms with Gasteiger partial charge in [-0.05, 0) is 114 Å². The predicted molar refractivity (Wildman–Crippen MR) is 279 cm³/mol. The summed E-state index contributed by atoms with van der Waals surface area (Å²) in [6, 6.07) is 92.8. The maximum Gasteiger partial charge on any atom is 0.0926 e. The summed E-state index contributed by atoms with van der Waals surface area (Å²) in [5, 5.41) is 10.5. The van der Waals surface area contributed by atoms with Gasteiger partial charge in [0.1, 0.15) is 0 Å². The molecular weight excluding hydrogens is 797 g/mol. The third-order valence-electron chi connectivity index (χ3n) is 13.5. The summed E-state index contributed by atoms with van der Waals surface area (Å²) >= 11 is 0. The van der Waals surface area contributed by atoms with E-state index < -0.39 is 5.54 Å². The average Bonchev–Trinajstić information content (AvgIpc) is 3.40. The highest BCUT2D eigenvalue weighted by Gasteiger charge is 2.39. The molecule has 0 amide bonds. The summed E-state index contributed by atoms with van der Waals surface area (Å²) in [7, 11) is 0. The Morgan fingerprint density at radius 3 is 1.52 bits per heavy atom. The first-order chi connectivity index (χ1) is 32.7. The van der Waals surface area contributed by atoms with E-state index in [1.54, 1.807) is 0 Å². The first-order valence-corrected chi connectivity index (χ1v) is 22.9. The van der Waals surface area contributed by atoms with Gasteiger partial charge in [0.25, 0.3) is 0 Å². The molecule has 1 N–H and O–H groups in total. The van der Waals surface area contributed by atoms with E-state index in [2.05, 4.69) is 271 Å². The van der Waals surface area contributed by atoms with Crippen LogP contribution < -0.4 is 15.4 Å². The lowest BCUT2D eigenvalue weighted by Crippen LogP contribution is -2.40. The van der Waals surface area contributed by atoms with E-state index in [1.165, 1.54) is 82.4 Å². The van der Waals surface area contributed by atoms with E-state index in [9.17, 15) is 0 Å². The first kappa shape index (κ1) is 39.2. The number of nitrogens with zero attached hydrogens (tertiary/aromatic N) is 1. The van der Waals surface area contributed by atoms with Gasteiger partial charge in [-0.1, -0.05) is 224 Å². The van der Waals surface area contributed by atoms with Crippen LogP contribution in [0.25, 0.3) is 72.1 Å². The summed E-state index contributed by atoms with van der Waals surface area (Å²) in [4.78, 5) is 2.47. The summed E-state index contributed by atoms with van der Waals surface area (Å²) in [6.45, 7) is 0. The Balaban J connectivity index is 1.08. The SMILES string of the molecule is C1=c2ccc3c(N(c4ccc(-c5ccccc5)cc4)c4ccccc4-c4ccccc4)ccc4ccc(c2c43)C(Nc2ccc(-c3ccccc3)cc2)(c2ccccc2-c2ccccc2)C1. The topological polar surface area (TPSA) is 15.3 Å². The summed E-state index contributed by atoms with van der Waals surface area (Å²) in [5.41, 5.74) is 15.9. The Morgan fingerprint density at radius 1 is 0.348 bits per heavy atom. The molecule has 2 nitrogen and oxygen atoms in total. The molecule has 0 bridgehead atoms. The van der Waals surface area contributed by atoms with Gasteiger partial charge < -0.3 is 10.2 Å². The molecule has 66 heavy (non-hydrogen) atoms. The van der Waals surface area contributed by atoms with Gasteiger partial charge in [-0.2, -0.15) is 0 Å². The zero-order valence-corrected chi connectivity index (χ0v) is 36.5. The first-order valence-electron chi connectivity index (χ1n) is 22.9. The number of para-hydroxylation sites is 1. The molecule has 0 aromatic heterocycles. The Hall–Kier alpha value is -8.46. The van der Waals surface area contributed by atoms with Crippen LogP contribution in [0.1, 0.15) is 17.5 Å². The van der Waals surface area contributed by atoms with Crippen LogP contribution in [0.4, 0.5) is 22.7 Å². The van der Waals surface area contributed by atoms with Crippen LogP contribution in [0.3, 0.4) is 0 Å². The predicted octanol–water partition coefficient (Wildman–Crippen LogP) is 16.4. The lowest BCUT2D eigenvalue weighted by Gasteiger charge is -2.41. The number of hydrogen-bond acceptors (Lipinski definition) is 2. The van der Waals surface area contributed by atoms with Gasteiger partial charge in [-0.15, -0.1) is 0 Å². The van der Waals surface area contributed by atoms with Crippen LogP contribution in [0.15, 0.2) is 255 Å². The molecule has 0 spiro atoms. The molecule has 0 aliphatic heterocycles. The van der Waals surface area contributed by atoms with Crippen molar-refractivity contribution in [3.63, 3.8) is 0 Å². The fourth-order valence-electron chi connectivity index (χ4n) is 10.4. The molecule has 1 atom stereocenters. The van der Waals surface area contributed by atoms with Crippen molar-refractivity contribution in [3.8, 4) is 44.5 Å². The van der Waals surface area contributed by atoms with Gasteiger partial charge in [0, 0.05) is 22.3 Å². The molecule has 11 aromatic rings. The molecule has 0 saturated carbocycles. The largest absolute Gasteiger partial charge is 0.371 e. The van der Waals surface area contributed by atoms with Crippen LogP contribution in [0.2, 0.25) is 0 Å².